The van der Waals surface area contributed by atoms with E-state index in [9.17, 15) is 5.11 Å². The third kappa shape index (κ3) is 4.17. The molecule has 3 heteroatoms. The number of rotatable bonds is 8. The van der Waals surface area contributed by atoms with E-state index in [1.807, 2.05) is 0 Å². The summed E-state index contributed by atoms with van der Waals surface area (Å²) in [5.74, 6) is 0. The van der Waals surface area contributed by atoms with Crippen LogP contribution in [-0.2, 0) is 4.84 Å². The number of hydrogen-bond acceptors (Lipinski definition) is 3. The van der Waals surface area contributed by atoms with E-state index in [4.69, 9.17) is 4.84 Å². The minimum Gasteiger partial charge on any atom is -0.393 e. The van der Waals surface area contributed by atoms with E-state index in [-0.39, 0.29) is 6.10 Å². The van der Waals surface area contributed by atoms with Crippen LogP contribution in [0.4, 0.5) is 0 Å². The lowest BCUT2D eigenvalue weighted by molar-refractivity contribution is -0.179. The zero-order valence-electron chi connectivity index (χ0n) is 12.7. The fraction of sp³-hybridized carbons (Fsp3) is 1.00. The van der Waals surface area contributed by atoms with Crippen molar-refractivity contribution in [1.29, 1.82) is 0 Å². The summed E-state index contributed by atoms with van der Waals surface area (Å²) in [7, 11) is 0. The number of unbranched alkanes of at least 4 members (excludes halogenated alkanes) is 2. The van der Waals surface area contributed by atoms with Gasteiger partial charge in [0.25, 0.3) is 0 Å². The molecule has 0 aliphatic carbocycles. The Morgan fingerprint density at radius 2 is 2.00 bits per heavy atom. The Kier molecular flexibility index (Phi) is 6.11. The van der Waals surface area contributed by atoms with Crippen LogP contribution >= 0.6 is 0 Å². The highest BCUT2D eigenvalue weighted by Crippen LogP contribution is 2.37. The van der Waals surface area contributed by atoms with Crippen LogP contribution in [0, 0.1) is 0 Å². The van der Waals surface area contributed by atoms with Gasteiger partial charge >= 0.3 is 0 Å². The number of fused-ring (bicyclic) bond motifs is 1. The highest BCUT2D eigenvalue weighted by atomic mass is 16.7. The Balaban J connectivity index is 1.75. The predicted octanol–water partition coefficient (Wildman–Crippen LogP) is 3.65. The fourth-order valence-electron chi connectivity index (χ4n) is 3.55. The molecule has 0 bridgehead atoms. The van der Waals surface area contributed by atoms with E-state index in [2.05, 4.69) is 18.9 Å². The van der Waals surface area contributed by atoms with Gasteiger partial charge in [0.15, 0.2) is 0 Å². The normalized spacial score (nSPS) is 32.7. The average Bonchev–Trinajstić information content (AvgIpc) is 2.95. The highest BCUT2D eigenvalue weighted by Gasteiger charge is 2.42. The summed E-state index contributed by atoms with van der Waals surface area (Å²) in [5, 5.41) is 12.3. The molecule has 0 radical (unpaired) electrons. The predicted molar refractivity (Wildman–Crippen MR) is 77.8 cm³/mol. The molecule has 2 saturated heterocycles. The van der Waals surface area contributed by atoms with Gasteiger partial charge in [0.1, 0.15) is 0 Å². The number of hydroxylamine groups is 2. The van der Waals surface area contributed by atoms with Crippen molar-refractivity contribution in [1.82, 2.24) is 5.06 Å². The van der Waals surface area contributed by atoms with Crippen molar-refractivity contribution in [2.45, 2.75) is 102 Å². The first-order valence-electron chi connectivity index (χ1n) is 8.37. The van der Waals surface area contributed by atoms with E-state index in [0.717, 1.165) is 19.3 Å². The van der Waals surface area contributed by atoms with Crippen molar-refractivity contribution in [2.24, 2.45) is 0 Å². The Morgan fingerprint density at radius 3 is 2.74 bits per heavy atom. The molecule has 4 atom stereocenters. The molecule has 2 heterocycles. The van der Waals surface area contributed by atoms with E-state index in [0.29, 0.717) is 18.2 Å². The maximum absolute atomic E-state index is 10.1. The third-order valence-electron chi connectivity index (χ3n) is 4.67. The molecular weight excluding hydrogens is 238 g/mol. The lowest BCUT2D eigenvalue weighted by atomic mass is 10.0. The molecule has 0 saturated carbocycles. The summed E-state index contributed by atoms with van der Waals surface area (Å²) in [6, 6.07) is 1.09. The fourth-order valence-corrected chi connectivity index (χ4v) is 3.55. The van der Waals surface area contributed by atoms with Gasteiger partial charge in [0.05, 0.1) is 12.2 Å². The third-order valence-corrected chi connectivity index (χ3v) is 4.67. The molecule has 0 aromatic rings. The molecule has 2 aliphatic rings. The van der Waals surface area contributed by atoms with E-state index in [1.165, 1.54) is 44.9 Å². The molecule has 0 spiro atoms. The molecule has 0 aromatic heterocycles. The van der Waals surface area contributed by atoms with Crippen molar-refractivity contribution in [3.05, 3.63) is 0 Å². The second-order valence-electron chi connectivity index (χ2n) is 6.38. The van der Waals surface area contributed by atoms with Crippen LogP contribution in [0.25, 0.3) is 0 Å². The summed E-state index contributed by atoms with van der Waals surface area (Å²) in [6.07, 6.45) is 11.9. The van der Waals surface area contributed by atoms with Gasteiger partial charge in [-0.2, -0.15) is 5.06 Å². The second kappa shape index (κ2) is 7.61. The first-order chi connectivity index (χ1) is 9.24. The van der Waals surface area contributed by atoms with Gasteiger partial charge in [-0.25, -0.2) is 0 Å². The van der Waals surface area contributed by atoms with Crippen LogP contribution in [0.3, 0.4) is 0 Å². The van der Waals surface area contributed by atoms with E-state index in [1.54, 1.807) is 0 Å². The molecule has 112 valence electrons. The van der Waals surface area contributed by atoms with Gasteiger partial charge in [0, 0.05) is 12.1 Å². The molecule has 3 nitrogen and oxygen atoms in total. The SMILES string of the molecule is CCCC[C@@H](O)C[C@@H]1CC[C@H]2C[C@H](CCCC)ON12. The van der Waals surface area contributed by atoms with Gasteiger partial charge in [-0.3, -0.25) is 4.84 Å². The summed E-state index contributed by atoms with van der Waals surface area (Å²) in [4.78, 5) is 6.13. The van der Waals surface area contributed by atoms with Crippen LogP contribution in [0.5, 0.6) is 0 Å². The van der Waals surface area contributed by atoms with Gasteiger partial charge in [-0.15, -0.1) is 0 Å². The minimum absolute atomic E-state index is 0.137. The molecule has 1 N–H and O–H groups in total. The molecule has 19 heavy (non-hydrogen) atoms. The molecule has 0 amide bonds. The van der Waals surface area contributed by atoms with E-state index >= 15 is 0 Å². The van der Waals surface area contributed by atoms with Crippen molar-refractivity contribution in [3.8, 4) is 0 Å². The minimum atomic E-state index is -0.137. The molecule has 2 aliphatic heterocycles. The van der Waals surface area contributed by atoms with Gasteiger partial charge < -0.3 is 5.11 Å². The van der Waals surface area contributed by atoms with Gasteiger partial charge in [-0.1, -0.05) is 39.5 Å². The smallest absolute Gasteiger partial charge is 0.0809 e. The maximum atomic E-state index is 10.1. The van der Waals surface area contributed by atoms with Crippen molar-refractivity contribution >= 4 is 0 Å². The molecule has 2 fully saturated rings. The van der Waals surface area contributed by atoms with Gasteiger partial charge in [0.2, 0.25) is 0 Å². The van der Waals surface area contributed by atoms with Crippen LogP contribution < -0.4 is 0 Å². The number of hydrogen-bond donors (Lipinski definition) is 1. The summed E-state index contributed by atoms with van der Waals surface area (Å²) in [5.41, 5.74) is 0. The molecule has 0 unspecified atom stereocenters. The first-order valence-corrected chi connectivity index (χ1v) is 8.37. The zero-order valence-corrected chi connectivity index (χ0v) is 12.7. The van der Waals surface area contributed by atoms with Crippen LogP contribution in [-0.4, -0.2) is 34.5 Å². The Labute approximate surface area is 118 Å². The zero-order chi connectivity index (χ0) is 13.7. The number of nitrogens with zero attached hydrogens (tertiary/aromatic N) is 1. The van der Waals surface area contributed by atoms with Crippen molar-refractivity contribution in [2.75, 3.05) is 0 Å². The maximum Gasteiger partial charge on any atom is 0.0809 e. The van der Waals surface area contributed by atoms with Crippen molar-refractivity contribution < 1.29 is 9.94 Å². The Bertz CT molecular complexity index is 259. The summed E-state index contributed by atoms with van der Waals surface area (Å²) < 4.78 is 0. The largest absolute Gasteiger partial charge is 0.393 e. The van der Waals surface area contributed by atoms with Crippen LogP contribution in [0.1, 0.15) is 78.1 Å². The lowest BCUT2D eigenvalue weighted by Crippen LogP contribution is -2.33. The number of aliphatic hydroxyl groups excluding tert-OH is 1. The molecular formula is C16H31NO2. The van der Waals surface area contributed by atoms with Crippen LogP contribution in [0.2, 0.25) is 0 Å². The highest BCUT2D eigenvalue weighted by molar-refractivity contribution is 4.90. The lowest BCUT2D eigenvalue weighted by Gasteiger charge is -2.25. The standard InChI is InChI=1S/C16H31NO2/c1-3-5-7-15(18)11-13-9-10-14-12-16(8-6-4-2)19-17(13)14/h13-16,18H,3-12H2,1-2H3/t13-,14-,15+,16-/m0/s1. The summed E-state index contributed by atoms with van der Waals surface area (Å²) >= 11 is 0. The summed E-state index contributed by atoms with van der Waals surface area (Å²) in [6.45, 7) is 4.42. The monoisotopic (exact) mass is 269 g/mol. The molecule has 2 rings (SSSR count). The van der Waals surface area contributed by atoms with Gasteiger partial charge in [-0.05, 0) is 38.5 Å². The van der Waals surface area contributed by atoms with Crippen molar-refractivity contribution in [3.63, 3.8) is 0 Å². The van der Waals surface area contributed by atoms with E-state index < -0.39 is 0 Å². The van der Waals surface area contributed by atoms with Crippen LogP contribution in [0.15, 0.2) is 0 Å². The number of aliphatic hydroxyl groups is 1. The topological polar surface area (TPSA) is 32.7 Å². The second-order valence-corrected chi connectivity index (χ2v) is 6.38. The first kappa shape index (κ1) is 15.3. The Hall–Kier alpha value is -0.120. The molecule has 0 aromatic carbocycles. The quantitative estimate of drug-likeness (QED) is 0.730. The average molecular weight is 269 g/mol. The Morgan fingerprint density at radius 1 is 1.21 bits per heavy atom.